The number of aromatic nitrogens is 2. The summed E-state index contributed by atoms with van der Waals surface area (Å²) in [6.45, 7) is 2.83. The lowest BCUT2D eigenvalue weighted by atomic mass is 10.0. The monoisotopic (exact) mass is 558 g/mol. The summed E-state index contributed by atoms with van der Waals surface area (Å²) in [4.78, 5) is 28.6. The Labute approximate surface area is 225 Å². The van der Waals surface area contributed by atoms with Gasteiger partial charge in [0.25, 0.3) is 0 Å². The van der Waals surface area contributed by atoms with Crippen LogP contribution in [-0.4, -0.2) is 45.5 Å². The molecule has 3 aromatic rings. The topological polar surface area (TPSA) is 164 Å². The number of esters is 1. The summed E-state index contributed by atoms with van der Waals surface area (Å²) >= 11 is 0. The molecule has 2 aromatic carbocycles. The number of rotatable bonds is 11. The summed E-state index contributed by atoms with van der Waals surface area (Å²) in [6.07, 6.45) is -1.47. The van der Waals surface area contributed by atoms with Crippen molar-refractivity contribution in [2.45, 2.75) is 44.9 Å². The standard InChI is InChI=1S/C26H31N4O8P/c1-17-23(31)21(37-24(17)30-14-13-22(27)28-26(30)33)16-36-39(34,38-20-11-7-4-8-12-20)29-18(2)25(32)35-15-19-9-5-3-6-10-19/h3-14,17-18,21,23-24,31H,15-16H2,1-2H3,(H,29,34)(H2,27,28,33)/t17?,18-,21+,23-,24-,39?/m0/s1. The number of nitrogens with zero attached hydrogens (tertiary/aromatic N) is 2. The summed E-state index contributed by atoms with van der Waals surface area (Å²) < 4.78 is 37.5. The van der Waals surface area contributed by atoms with E-state index in [0.717, 1.165) is 5.56 Å². The van der Waals surface area contributed by atoms with Gasteiger partial charge in [-0.2, -0.15) is 10.1 Å². The number of aliphatic hydroxyl groups excluding tert-OH is 1. The molecule has 12 nitrogen and oxygen atoms in total. The van der Waals surface area contributed by atoms with E-state index < -0.39 is 49.8 Å². The highest BCUT2D eigenvalue weighted by Crippen LogP contribution is 2.46. The van der Waals surface area contributed by atoms with Crippen LogP contribution in [0.3, 0.4) is 0 Å². The minimum atomic E-state index is -4.19. The van der Waals surface area contributed by atoms with Gasteiger partial charge in [-0.15, -0.1) is 0 Å². The van der Waals surface area contributed by atoms with Crippen molar-refractivity contribution in [3.63, 3.8) is 0 Å². The predicted molar refractivity (Wildman–Crippen MR) is 141 cm³/mol. The Kier molecular flexibility index (Phi) is 9.16. The van der Waals surface area contributed by atoms with Gasteiger partial charge in [0.15, 0.2) is 0 Å². The van der Waals surface area contributed by atoms with E-state index in [1.54, 1.807) is 37.3 Å². The number of nitrogen functional groups attached to an aromatic ring is 1. The number of carbonyl (C=O) groups excluding carboxylic acids is 1. The van der Waals surface area contributed by atoms with E-state index in [1.165, 1.54) is 23.8 Å². The fourth-order valence-electron chi connectivity index (χ4n) is 3.99. The fraction of sp³-hybridized carbons (Fsp3) is 0.346. The average Bonchev–Trinajstić information content (AvgIpc) is 3.20. The number of carbonyl (C=O) groups is 1. The largest absolute Gasteiger partial charge is 0.460 e. The second-order valence-electron chi connectivity index (χ2n) is 9.10. The Morgan fingerprint density at radius 3 is 2.51 bits per heavy atom. The number of nitrogens with one attached hydrogen (secondary N) is 1. The molecule has 0 aliphatic carbocycles. The average molecular weight is 559 g/mol. The summed E-state index contributed by atoms with van der Waals surface area (Å²) in [7, 11) is -4.19. The van der Waals surface area contributed by atoms with Crippen molar-refractivity contribution < 1.29 is 33.0 Å². The normalized spacial score (nSPS) is 23.1. The first-order chi connectivity index (χ1) is 18.6. The van der Waals surface area contributed by atoms with E-state index in [4.69, 9.17) is 24.3 Å². The van der Waals surface area contributed by atoms with Crippen LogP contribution in [0, 0.1) is 5.92 Å². The molecular weight excluding hydrogens is 527 g/mol. The lowest BCUT2D eigenvalue weighted by molar-refractivity contribution is -0.146. The Morgan fingerprint density at radius 2 is 1.85 bits per heavy atom. The second-order valence-corrected chi connectivity index (χ2v) is 10.8. The van der Waals surface area contributed by atoms with Crippen LogP contribution in [0.2, 0.25) is 0 Å². The van der Waals surface area contributed by atoms with Crippen molar-refractivity contribution in [3.8, 4) is 5.75 Å². The van der Waals surface area contributed by atoms with Gasteiger partial charge >= 0.3 is 19.4 Å². The molecule has 39 heavy (non-hydrogen) atoms. The van der Waals surface area contributed by atoms with Crippen molar-refractivity contribution in [1.29, 1.82) is 0 Å². The van der Waals surface area contributed by atoms with Crippen molar-refractivity contribution in [1.82, 2.24) is 14.6 Å². The molecule has 0 amide bonds. The van der Waals surface area contributed by atoms with Crippen LogP contribution in [0.1, 0.15) is 25.6 Å². The molecule has 1 saturated heterocycles. The van der Waals surface area contributed by atoms with Gasteiger partial charge in [0, 0.05) is 12.1 Å². The Morgan fingerprint density at radius 1 is 1.18 bits per heavy atom. The maximum atomic E-state index is 13.8. The van der Waals surface area contributed by atoms with Gasteiger partial charge in [-0.1, -0.05) is 55.5 Å². The van der Waals surface area contributed by atoms with Crippen LogP contribution in [0.15, 0.2) is 77.7 Å². The molecule has 2 unspecified atom stereocenters. The van der Waals surface area contributed by atoms with Crippen molar-refractivity contribution >= 4 is 19.5 Å². The van der Waals surface area contributed by atoms with Crippen molar-refractivity contribution in [2.75, 3.05) is 12.3 Å². The zero-order valence-corrected chi connectivity index (χ0v) is 22.3. The van der Waals surface area contributed by atoms with Crippen LogP contribution >= 0.6 is 7.75 Å². The van der Waals surface area contributed by atoms with Crippen LogP contribution in [0.5, 0.6) is 5.75 Å². The SMILES string of the molecule is CC1[C@H](O)[C@@H](COP(=O)(N[C@@H](C)C(=O)OCc2ccccc2)Oc2ccccc2)O[C@@H]1n1ccc(N)nc1=O. The van der Waals surface area contributed by atoms with Gasteiger partial charge in [-0.25, -0.2) is 9.36 Å². The first kappa shape index (κ1) is 28.5. The molecule has 208 valence electrons. The lowest BCUT2D eigenvalue weighted by Crippen LogP contribution is -2.36. The lowest BCUT2D eigenvalue weighted by Gasteiger charge is -2.24. The number of benzene rings is 2. The van der Waals surface area contributed by atoms with Gasteiger partial charge in [0.2, 0.25) is 0 Å². The molecule has 1 fully saturated rings. The molecule has 1 aromatic heterocycles. The number of hydrogen-bond acceptors (Lipinski definition) is 10. The molecule has 1 aliphatic heterocycles. The first-order valence-electron chi connectivity index (χ1n) is 12.3. The Balaban J connectivity index is 1.44. The first-order valence-corrected chi connectivity index (χ1v) is 13.9. The van der Waals surface area contributed by atoms with Crippen LogP contribution in [0.25, 0.3) is 0 Å². The summed E-state index contributed by atoms with van der Waals surface area (Å²) in [6, 6.07) is 17.8. The predicted octanol–water partition coefficient (Wildman–Crippen LogP) is 2.65. The van der Waals surface area contributed by atoms with Gasteiger partial charge in [-0.05, 0) is 30.7 Å². The highest BCUT2D eigenvalue weighted by molar-refractivity contribution is 7.52. The van der Waals surface area contributed by atoms with Crippen molar-refractivity contribution in [2.24, 2.45) is 5.92 Å². The molecular formula is C26H31N4O8P. The number of ether oxygens (including phenoxy) is 2. The van der Waals surface area contributed by atoms with Crippen LogP contribution in [-0.2, 0) is 30.0 Å². The van der Waals surface area contributed by atoms with E-state index in [1.807, 2.05) is 30.3 Å². The number of anilines is 1. The van der Waals surface area contributed by atoms with E-state index in [2.05, 4.69) is 10.1 Å². The molecule has 1 aliphatic rings. The third kappa shape index (κ3) is 7.31. The quantitative estimate of drug-likeness (QED) is 0.234. The molecule has 4 rings (SSSR count). The zero-order valence-electron chi connectivity index (χ0n) is 21.5. The number of nitrogens with two attached hydrogens (primary N) is 1. The van der Waals surface area contributed by atoms with E-state index in [0.29, 0.717) is 0 Å². The number of para-hydroxylation sites is 1. The molecule has 0 bridgehead atoms. The molecule has 0 radical (unpaired) electrons. The minimum absolute atomic E-state index is 0.0388. The van der Waals surface area contributed by atoms with E-state index in [9.17, 15) is 19.3 Å². The molecule has 2 heterocycles. The maximum Gasteiger partial charge on any atom is 0.459 e. The van der Waals surface area contributed by atoms with Gasteiger partial charge in [0.1, 0.15) is 36.5 Å². The summed E-state index contributed by atoms with van der Waals surface area (Å²) in [5.41, 5.74) is 5.72. The third-order valence-corrected chi connectivity index (χ3v) is 7.76. The summed E-state index contributed by atoms with van der Waals surface area (Å²) in [5.74, 6) is -0.906. The maximum absolute atomic E-state index is 13.8. The van der Waals surface area contributed by atoms with Gasteiger partial charge < -0.3 is 24.8 Å². The van der Waals surface area contributed by atoms with Crippen LogP contribution in [0.4, 0.5) is 5.82 Å². The summed E-state index contributed by atoms with van der Waals surface area (Å²) in [5, 5.41) is 13.4. The molecule has 4 N–H and O–H groups in total. The van der Waals surface area contributed by atoms with Crippen molar-refractivity contribution in [3.05, 3.63) is 89.0 Å². The molecule has 0 spiro atoms. The highest BCUT2D eigenvalue weighted by atomic mass is 31.2. The third-order valence-electron chi connectivity index (χ3n) is 6.12. The Bertz CT molecular complexity index is 1360. The van der Waals surface area contributed by atoms with Gasteiger partial charge in [0.05, 0.1) is 12.7 Å². The van der Waals surface area contributed by atoms with E-state index >= 15 is 0 Å². The number of aliphatic hydroxyl groups is 1. The van der Waals surface area contributed by atoms with Crippen LogP contribution < -0.4 is 21.0 Å². The highest BCUT2D eigenvalue weighted by Gasteiger charge is 2.44. The molecule has 0 saturated carbocycles. The van der Waals surface area contributed by atoms with Gasteiger partial charge in [-0.3, -0.25) is 13.9 Å². The Hall–Kier alpha value is -3.54. The minimum Gasteiger partial charge on any atom is -0.460 e. The second kappa shape index (κ2) is 12.5. The zero-order chi connectivity index (χ0) is 28.0. The fourth-order valence-corrected chi connectivity index (χ4v) is 5.49. The smallest absolute Gasteiger partial charge is 0.459 e. The molecule has 6 atom stereocenters. The van der Waals surface area contributed by atoms with E-state index in [-0.39, 0.29) is 24.8 Å². The molecule has 13 heteroatoms. The number of hydrogen-bond donors (Lipinski definition) is 3.